The van der Waals surface area contributed by atoms with Crippen LogP contribution in [0.3, 0.4) is 0 Å². The fourth-order valence-electron chi connectivity index (χ4n) is 1.39. The molecule has 0 aliphatic carbocycles. The third-order valence-corrected chi connectivity index (χ3v) is 2.84. The molecule has 0 bridgehead atoms. The highest BCUT2D eigenvalue weighted by molar-refractivity contribution is 9.10. The van der Waals surface area contributed by atoms with Gasteiger partial charge in [0.1, 0.15) is 11.5 Å². The van der Waals surface area contributed by atoms with Crippen LogP contribution in [0.1, 0.15) is 11.9 Å². The molecule has 0 fully saturated rings. The molecule has 0 spiro atoms. The van der Waals surface area contributed by atoms with E-state index in [1.54, 1.807) is 6.26 Å². The third kappa shape index (κ3) is 2.46. The minimum atomic E-state index is -0.256. The zero-order valence-electron chi connectivity index (χ0n) is 8.60. The van der Waals surface area contributed by atoms with Gasteiger partial charge in [-0.1, -0.05) is 12.1 Å². The van der Waals surface area contributed by atoms with Gasteiger partial charge in [0.15, 0.2) is 6.10 Å². The first-order chi connectivity index (χ1) is 7.81. The summed E-state index contributed by atoms with van der Waals surface area (Å²) in [4.78, 5) is 0. The highest BCUT2D eigenvalue weighted by atomic mass is 79.9. The van der Waals surface area contributed by atoms with Crippen LogP contribution in [0.2, 0.25) is 0 Å². The molecule has 1 atom stereocenters. The number of furan rings is 1. The third-order valence-electron chi connectivity index (χ3n) is 2.18. The van der Waals surface area contributed by atoms with Gasteiger partial charge in [-0.2, -0.15) is 0 Å². The SMILES string of the molecule is NCC(Oc1ccccc1Br)c1ccco1. The fourth-order valence-corrected chi connectivity index (χ4v) is 1.77. The second-order valence-electron chi connectivity index (χ2n) is 3.29. The topological polar surface area (TPSA) is 48.4 Å². The quantitative estimate of drug-likeness (QED) is 0.937. The van der Waals surface area contributed by atoms with Crippen molar-refractivity contribution >= 4 is 15.9 Å². The first-order valence-corrected chi connectivity index (χ1v) is 5.75. The summed E-state index contributed by atoms with van der Waals surface area (Å²) in [6, 6.07) is 11.3. The van der Waals surface area contributed by atoms with Gasteiger partial charge in [0.2, 0.25) is 0 Å². The first kappa shape index (κ1) is 11.2. The van der Waals surface area contributed by atoms with Crippen molar-refractivity contribution in [2.24, 2.45) is 5.73 Å². The Hall–Kier alpha value is -1.26. The Bertz CT molecular complexity index is 442. The molecule has 2 N–H and O–H groups in total. The Morgan fingerprint density at radius 1 is 1.25 bits per heavy atom. The molecule has 0 aliphatic heterocycles. The highest BCUT2D eigenvalue weighted by Gasteiger charge is 2.15. The Morgan fingerprint density at radius 2 is 2.06 bits per heavy atom. The van der Waals surface area contributed by atoms with E-state index in [2.05, 4.69) is 15.9 Å². The Balaban J connectivity index is 2.17. The standard InChI is InChI=1S/C12H12BrNO2/c13-9-4-1-2-5-10(9)16-12(8-14)11-6-3-7-15-11/h1-7,12H,8,14H2. The van der Waals surface area contributed by atoms with Crippen molar-refractivity contribution in [3.05, 3.63) is 52.9 Å². The number of para-hydroxylation sites is 1. The van der Waals surface area contributed by atoms with Crippen LogP contribution in [0.25, 0.3) is 0 Å². The lowest BCUT2D eigenvalue weighted by atomic mass is 10.2. The van der Waals surface area contributed by atoms with E-state index in [9.17, 15) is 0 Å². The summed E-state index contributed by atoms with van der Waals surface area (Å²) in [5.74, 6) is 1.49. The molecule has 4 heteroatoms. The van der Waals surface area contributed by atoms with Gasteiger partial charge in [-0.05, 0) is 40.2 Å². The monoisotopic (exact) mass is 281 g/mol. The lowest BCUT2D eigenvalue weighted by molar-refractivity contribution is 0.183. The number of benzene rings is 1. The Labute approximate surface area is 102 Å². The van der Waals surface area contributed by atoms with Crippen LogP contribution >= 0.6 is 15.9 Å². The first-order valence-electron chi connectivity index (χ1n) is 4.96. The van der Waals surface area contributed by atoms with Crippen molar-refractivity contribution in [2.75, 3.05) is 6.54 Å². The molecule has 3 nitrogen and oxygen atoms in total. The molecule has 0 saturated carbocycles. The molecule has 0 aliphatic rings. The van der Waals surface area contributed by atoms with Crippen molar-refractivity contribution < 1.29 is 9.15 Å². The van der Waals surface area contributed by atoms with E-state index < -0.39 is 0 Å². The van der Waals surface area contributed by atoms with Crippen LogP contribution in [-0.4, -0.2) is 6.54 Å². The van der Waals surface area contributed by atoms with Crippen LogP contribution in [0.15, 0.2) is 51.6 Å². The molecule has 1 heterocycles. The summed E-state index contributed by atoms with van der Waals surface area (Å²) >= 11 is 3.42. The summed E-state index contributed by atoms with van der Waals surface area (Å²) in [5.41, 5.74) is 5.66. The molecule has 0 radical (unpaired) electrons. The maximum Gasteiger partial charge on any atom is 0.168 e. The predicted molar refractivity (Wildman–Crippen MR) is 65.3 cm³/mol. The van der Waals surface area contributed by atoms with Crippen molar-refractivity contribution in [2.45, 2.75) is 6.10 Å². The zero-order chi connectivity index (χ0) is 11.4. The predicted octanol–water partition coefficient (Wildman–Crippen LogP) is 3.12. The van der Waals surface area contributed by atoms with Gasteiger partial charge in [0.05, 0.1) is 10.7 Å². The molecule has 1 unspecified atom stereocenters. The fraction of sp³-hybridized carbons (Fsp3) is 0.167. The van der Waals surface area contributed by atoms with Gasteiger partial charge in [0.25, 0.3) is 0 Å². The molecule has 16 heavy (non-hydrogen) atoms. The summed E-state index contributed by atoms with van der Waals surface area (Å²) < 4.78 is 12.0. The van der Waals surface area contributed by atoms with E-state index in [-0.39, 0.29) is 6.10 Å². The van der Waals surface area contributed by atoms with Crippen molar-refractivity contribution in [3.8, 4) is 5.75 Å². The van der Waals surface area contributed by atoms with Gasteiger partial charge in [-0.3, -0.25) is 0 Å². The molecule has 0 amide bonds. The summed E-state index contributed by atoms with van der Waals surface area (Å²) in [5, 5.41) is 0. The highest BCUT2D eigenvalue weighted by Crippen LogP contribution is 2.28. The average molecular weight is 282 g/mol. The van der Waals surface area contributed by atoms with Gasteiger partial charge in [0, 0.05) is 6.54 Å². The summed E-state index contributed by atoms with van der Waals surface area (Å²) in [7, 11) is 0. The minimum Gasteiger partial charge on any atom is -0.480 e. The lowest BCUT2D eigenvalue weighted by Gasteiger charge is -2.16. The Kier molecular flexibility index (Phi) is 3.64. The molecule has 1 aromatic heterocycles. The van der Waals surface area contributed by atoms with Crippen molar-refractivity contribution in [1.82, 2.24) is 0 Å². The number of hydrogen-bond donors (Lipinski definition) is 1. The molecule has 2 aromatic rings. The van der Waals surface area contributed by atoms with Gasteiger partial charge >= 0.3 is 0 Å². The van der Waals surface area contributed by atoms with E-state index in [4.69, 9.17) is 14.9 Å². The molecule has 2 rings (SSSR count). The second kappa shape index (κ2) is 5.18. The van der Waals surface area contributed by atoms with E-state index in [0.29, 0.717) is 6.54 Å². The summed E-state index contributed by atoms with van der Waals surface area (Å²) in [6.45, 7) is 0.370. The number of ether oxygens (including phenoxy) is 1. The minimum absolute atomic E-state index is 0.256. The van der Waals surface area contributed by atoms with Crippen LogP contribution < -0.4 is 10.5 Å². The largest absolute Gasteiger partial charge is 0.480 e. The molecular weight excluding hydrogens is 270 g/mol. The number of hydrogen-bond acceptors (Lipinski definition) is 3. The van der Waals surface area contributed by atoms with Crippen molar-refractivity contribution in [3.63, 3.8) is 0 Å². The average Bonchev–Trinajstić information content (AvgIpc) is 2.81. The van der Waals surface area contributed by atoms with Gasteiger partial charge < -0.3 is 14.9 Å². The van der Waals surface area contributed by atoms with Crippen LogP contribution in [0.4, 0.5) is 0 Å². The molecule has 1 aromatic carbocycles. The van der Waals surface area contributed by atoms with Crippen LogP contribution in [-0.2, 0) is 0 Å². The maximum absolute atomic E-state index is 5.77. The van der Waals surface area contributed by atoms with Crippen LogP contribution in [0, 0.1) is 0 Å². The van der Waals surface area contributed by atoms with Gasteiger partial charge in [-0.15, -0.1) is 0 Å². The molecule has 84 valence electrons. The molecule has 0 saturated heterocycles. The normalized spacial score (nSPS) is 12.4. The van der Waals surface area contributed by atoms with E-state index >= 15 is 0 Å². The van der Waals surface area contributed by atoms with Crippen LogP contribution in [0.5, 0.6) is 5.75 Å². The summed E-state index contributed by atoms with van der Waals surface area (Å²) in [6.07, 6.45) is 1.36. The maximum atomic E-state index is 5.77. The van der Waals surface area contributed by atoms with Gasteiger partial charge in [-0.25, -0.2) is 0 Å². The van der Waals surface area contributed by atoms with E-state index in [1.165, 1.54) is 0 Å². The zero-order valence-corrected chi connectivity index (χ0v) is 10.2. The Morgan fingerprint density at radius 3 is 2.69 bits per heavy atom. The van der Waals surface area contributed by atoms with E-state index in [0.717, 1.165) is 16.0 Å². The number of nitrogens with two attached hydrogens (primary N) is 1. The number of rotatable bonds is 4. The molecular formula is C12H12BrNO2. The number of halogens is 1. The second-order valence-corrected chi connectivity index (χ2v) is 4.14. The lowest BCUT2D eigenvalue weighted by Crippen LogP contribution is -2.18. The smallest absolute Gasteiger partial charge is 0.168 e. The van der Waals surface area contributed by atoms with E-state index in [1.807, 2.05) is 36.4 Å². The van der Waals surface area contributed by atoms with Crippen molar-refractivity contribution in [1.29, 1.82) is 0 Å².